The molecule has 1 aromatic heterocycles. The second-order valence-corrected chi connectivity index (χ2v) is 8.96. The van der Waals surface area contributed by atoms with Gasteiger partial charge in [-0.2, -0.15) is 4.31 Å². The van der Waals surface area contributed by atoms with Crippen molar-refractivity contribution in [2.45, 2.75) is 11.8 Å². The number of carbonyl (C=O) groups is 1. The van der Waals surface area contributed by atoms with Crippen LogP contribution >= 0.6 is 34.7 Å². The molecule has 25 heavy (non-hydrogen) atoms. The Balaban J connectivity index is 1.74. The molecule has 0 spiro atoms. The molecule has 0 radical (unpaired) electrons. The summed E-state index contributed by atoms with van der Waals surface area (Å²) >= 11 is 13.0. The monoisotopic (exact) mass is 420 g/mol. The van der Waals surface area contributed by atoms with Crippen LogP contribution in [0.25, 0.3) is 0 Å². The molecule has 0 bridgehead atoms. The SMILES string of the molecule is Cc1nnsc1C(=O)N1CCN(S(=O)(=O)c2cc(Cl)ccc2Cl)CC1. The Morgan fingerprint density at radius 1 is 1.20 bits per heavy atom. The van der Waals surface area contributed by atoms with Crippen LogP contribution in [0.5, 0.6) is 0 Å². The third kappa shape index (κ3) is 3.65. The molecular weight excluding hydrogens is 407 g/mol. The molecule has 0 atom stereocenters. The van der Waals surface area contributed by atoms with E-state index in [2.05, 4.69) is 9.59 Å². The van der Waals surface area contributed by atoms with E-state index in [1.165, 1.54) is 22.5 Å². The number of aryl methyl sites for hydroxylation is 1. The highest BCUT2D eigenvalue weighted by molar-refractivity contribution is 7.89. The van der Waals surface area contributed by atoms with Gasteiger partial charge in [0.15, 0.2) is 0 Å². The lowest BCUT2D eigenvalue weighted by molar-refractivity contribution is 0.0702. The Labute approximate surface area is 159 Å². The number of aromatic nitrogens is 2. The molecule has 2 aromatic rings. The maximum atomic E-state index is 12.8. The van der Waals surface area contributed by atoms with Crippen LogP contribution in [-0.2, 0) is 10.0 Å². The summed E-state index contributed by atoms with van der Waals surface area (Å²) in [7, 11) is -3.77. The highest BCUT2D eigenvalue weighted by Gasteiger charge is 2.32. The lowest BCUT2D eigenvalue weighted by atomic mass is 10.3. The van der Waals surface area contributed by atoms with E-state index in [0.717, 1.165) is 11.5 Å². The number of rotatable bonds is 3. The van der Waals surface area contributed by atoms with Gasteiger partial charge in [-0.15, -0.1) is 5.10 Å². The van der Waals surface area contributed by atoms with E-state index in [9.17, 15) is 13.2 Å². The first-order chi connectivity index (χ1) is 11.8. The molecular formula is C14H14Cl2N4O3S2. The fraction of sp³-hybridized carbons (Fsp3) is 0.357. The second kappa shape index (κ2) is 7.16. The number of sulfonamides is 1. The van der Waals surface area contributed by atoms with Crippen LogP contribution < -0.4 is 0 Å². The first-order valence-corrected chi connectivity index (χ1v) is 10.3. The molecule has 1 fully saturated rings. The maximum Gasteiger partial charge on any atom is 0.267 e. The summed E-state index contributed by atoms with van der Waals surface area (Å²) < 4.78 is 30.6. The molecule has 7 nitrogen and oxygen atoms in total. The molecule has 134 valence electrons. The van der Waals surface area contributed by atoms with Crippen molar-refractivity contribution in [3.63, 3.8) is 0 Å². The zero-order chi connectivity index (χ0) is 18.2. The fourth-order valence-electron chi connectivity index (χ4n) is 2.52. The van der Waals surface area contributed by atoms with Crippen LogP contribution in [0.3, 0.4) is 0 Å². The van der Waals surface area contributed by atoms with Crippen LogP contribution in [0.15, 0.2) is 23.1 Å². The number of hydrogen-bond donors (Lipinski definition) is 0. The van der Waals surface area contributed by atoms with Gasteiger partial charge in [0.2, 0.25) is 10.0 Å². The average Bonchev–Trinajstić information content (AvgIpc) is 3.02. The minimum atomic E-state index is -3.77. The van der Waals surface area contributed by atoms with Gasteiger partial charge in [0, 0.05) is 31.2 Å². The van der Waals surface area contributed by atoms with E-state index in [4.69, 9.17) is 23.2 Å². The van der Waals surface area contributed by atoms with Crippen molar-refractivity contribution in [2.24, 2.45) is 0 Å². The average molecular weight is 421 g/mol. The van der Waals surface area contributed by atoms with Crippen LogP contribution in [0.2, 0.25) is 10.0 Å². The van der Waals surface area contributed by atoms with Gasteiger partial charge >= 0.3 is 0 Å². The topological polar surface area (TPSA) is 83.5 Å². The molecule has 1 aromatic carbocycles. The molecule has 3 rings (SSSR count). The van der Waals surface area contributed by atoms with Gasteiger partial charge in [0.05, 0.1) is 10.7 Å². The van der Waals surface area contributed by atoms with E-state index in [0.29, 0.717) is 15.6 Å². The van der Waals surface area contributed by atoms with Crippen LogP contribution in [0, 0.1) is 6.92 Å². The molecule has 0 unspecified atom stereocenters. The van der Waals surface area contributed by atoms with Crippen molar-refractivity contribution in [3.05, 3.63) is 38.8 Å². The van der Waals surface area contributed by atoms with Gasteiger partial charge in [0.25, 0.3) is 5.91 Å². The van der Waals surface area contributed by atoms with Crippen molar-refractivity contribution in [2.75, 3.05) is 26.2 Å². The number of benzene rings is 1. The molecule has 1 saturated heterocycles. The van der Waals surface area contributed by atoms with Crippen molar-refractivity contribution in [1.82, 2.24) is 18.8 Å². The number of carbonyl (C=O) groups excluding carboxylic acids is 1. The molecule has 11 heteroatoms. The van der Waals surface area contributed by atoms with Gasteiger partial charge in [-0.3, -0.25) is 4.79 Å². The third-order valence-corrected chi connectivity index (χ3v) is 7.31. The second-order valence-electron chi connectivity index (χ2n) is 5.46. The summed E-state index contributed by atoms with van der Waals surface area (Å²) in [6.07, 6.45) is 0. The number of amides is 1. The van der Waals surface area contributed by atoms with Crippen molar-refractivity contribution in [1.29, 1.82) is 0 Å². The normalized spacial score (nSPS) is 16.2. The minimum absolute atomic E-state index is 0.0241. The Morgan fingerprint density at radius 3 is 2.48 bits per heavy atom. The van der Waals surface area contributed by atoms with Gasteiger partial charge < -0.3 is 4.90 Å². The van der Waals surface area contributed by atoms with Crippen LogP contribution in [-0.4, -0.2) is 59.3 Å². The van der Waals surface area contributed by atoms with Gasteiger partial charge in [-0.25, -0.2) is 8.42 Å². The number of piperazine rings is 1. The van der Waals surface area contributed by atoms with Crippen molar-refractivity contribution in [3.8, 4) is 0 Å². The zero-order valence-electron chi connectivity index (χ0n) is 13.1. The minimum Gasteiger partial charge on any atom is -0.335 e. The lowest BCUT2D eigenvalue weighted by Crippen LogP contribution is -2.50. The number of nitrogens with zero attached hydrogens (tertiary/aromatic N) is 4. The Bertz CT molecular complexity index is 909. The summed E-state index contributed by atoms with van der Waals surface area (Å²) in [6.45, 7) is 2.66. The third-order valence-electron chi connectivity index (χ3n) is 3.88. The van der Waals surface area contributed by atoms with Crippen LogP contribution in [0.1, 0.15) is 15.4 Å². The summed E-state index contributed by atoms with van der Waals surface area (Å²) in [4.78, 5) is 14.5. The summed E-state index contributed by atoms with van der Waals surface area (Å²) in [6, 6.07) is 4.32. The molecule has 0 N–H and O–H groups in total. The molecule has 0 aliphatic carbocycles. The van der Waals surface area contributed by atoms with E-state index in [-0.39, 0.29) is 42.0 Å². The highest BCUT2D eigenvalue weighted by Crippen LogP contribution is 2.28. The number of halogens is 2. The first kappa shape index (κ1) is 18.5. The van der Waals surface area contributed by atoms with Crippen LogP contribution in [0.4, 0.5) is 0 Å². The van der Waals surface area contributed by atoms with E-state index < -0.39 is 10.0 Å². The summed E-state index contributed by atoms with van der Waals surface area (Å²) in [5, 5.41) is 4.25. The molecule has 1 amide bonds. The van der Waals surface area contributed by atoms with E-state index in [1.54, 1.807) is 11.8 Å². The highest BCUT2D eigenvalue weighted by atomic mass is 35.5. The predicted molar refractivity (Wildman–Crippen MR) is 95.8 cm³/mol. The Hall–Kier alpha value is -1.26. The molecule has 1 aliphatic heterocycles. The largest absolute Gasteiger partial charge is 0.335 e. The Morgan fingerprint density at radius 2 is 1.88 bits per heavy atom. The smallest absolute Gasteiger partial charge is 0.267 e. The molecule has 2 heterocycles. The zero-order valence-corrected chi connectivity index (χ0v) is 16.3. The predicted octanol–water partition coefficient (Wildman–Crippen LogP) is 2.30. The van der Waals surface area contributed by atoms with Crippen molar-refractivity contribution >= 4 is 50.7 Å². The van der Waals surface area contributed by atoms with E-state index in [1.807, 2.05) is 0 Å². The molecule has 0 saturated carbocycles. The quantitative estimate of drug-likeness (QED) is 0.760. The maximum absolute atomic E-state index is 12.8. The Kier molecular flexibility index (Phi) is 5.31. The van der Waals surface area contributed by atoms with Gasteiger partial charge in [-0.1, -0.05) is 27.7 Å². The van der Waals surface area contributed by atoms with Gasteiger partial charge in [0.1, 0.15) is 9.77 Å². The molecule has 1 aliphatic rings. The van der Waals surface area contributed by atoms with Gasteiger partial charge in [-0.05, 0) is 36.7 Å². The van der Waals surface area contributed by atoms with Crippen molar-refractivity contribution < 1.29 is 13.2 Å². The number of hydrogen-bond acceptors (Lipinski definition) is 6. The standard InChI is InChI=1S/C14H14Cl2N4O3S2/c1-9-13(24-18-17-9)14(21)19-4-6-20(7-5-19)25(22,23)12-8-10(15)2-3-11(12)16/h2-3,8H,4-7H2,1H3. The fourth-order valence-corrected chi connectivity index (χ4v) is 5.30. The summed E-state index contributed by atoms with van der Waals surface area (Å²) in [5.74, 6) is -0.176. The first-order valence-electron chi connectivity index (χ1n) is 7.34. The van der Waals surface area contributed by atoms with E-state index >= 15 is 0 Å². The summed E-state index contributed by atoms with van der Waals surface area (Å²) in [5.41, 5.74) is 0.579. The lowest BCUT2D eigenvalue weighted by Gasteiger charge is -2.33.